The molecule has 0 saturated carbocycles. The highest BCUT2D eigenvalue weighted by Gasteiger charge is 2.31. The highest BCUT2D eigenvalue weighted by Crippen LogP contribution is 2.27. The lowest BCUT2D eigenvalue weighted by Crippen LogP contribution is -2.32. The van der Waals surface area contributed by atoms with Crippen LogP contribution in [0.15, 0.2) is 18.2 Å². The van der Waals surface area contributed by atoms with Crippen LogP contribution in [0, 0.1) is 11.7 Å². The van der Waals surface area contributed by atoms with E-state index in [4.69, 9.17) is 15.2 Å². The zero-order chi connectivity index (χ0) is 19.1. The van der Waals surface area contributed by atoms with E-state index in [1.807, 2.05) is 0 Å². The third kappa shape index (κ3) is 5.82. The van der Waals surface area contributed by atoms with Gasteiger partial charge in [0.1, 0.15) is 18.8 Å². The molecule has 1 aliphatic heterocycles. The van der Waals surface area contributed by atoms with Crippen molar-refractivity contribution in [1.82, 2.24) is 5.32 Å². The third-order valence-electron chi connectivity index (χ3n) is 4.07. The summed E-state index contributed by atoms with van der Waals surface area (Å²) in [6, 6.07) is 4.22. The van der Waals surface area contributed by atoms with Crippen LogP contribution < -0.4 is 20.7 Å². The van der Waals surface area contributed by atoms with Crippen molar-refractivity contribution < 1.29 is 23.8 Å². The molecule has 0 bridgehead atoms. The molecule has 146 valence electrons. The minimum Gasteiger partial charge on any atom is -0.488 e. The average molecular weight is 369 g/mol. The van der Waals surface area contributed by atoms with Crippen LogP contribution in [0.1, 0.15) is 20.3 Å². The molecule has 26 heavy (non-hydrogen) atoms. The number of nitrogens with zero attached hydrogens (tertiary/aromatic N) is 1. The van der Waals surface area contributed by atoms with E-state index in [0.717, 1.165) is 13.0 Å². The molecule has 0 spiro atoms. The first-order chi connectivity index (χ1) is 12.4. The Morgan fingerprint density at radius 2 is 2.27 bits per heavy atom. The molecule has 1 heterocycles. The summed E-state index contributed by atoms with van der Waals surface area (Å²) in [5, 5.41) is 13.0. The minimum atomic E-state index is -0.736. The summed E-state index contributed by atoms with van der Waals surface area (Å²) in [6.07, 6.45) is -0.649. The van der Waals surface area contributed by atoms with Gasteiger partial charge < -0.3 is 25.6 Å². The number of amides is 1. The van der Waals surface area contributed by atoms with Gasteiger partial charge in [-0.05, 0) is 31.0 Å². The number of rotatable bonds is 10. The van der Waals surface area contributed by atoms with E-state index in [2.05, 4.69) is 19.2 Å². The van der Waals surface area contributed by atoms with Crippen LogP contribution in [-0.4, -0.2) is 56.2 Å². The summed E-state index contributed by atoms with van der Waals surface area (Å²) in [5.74, 6) is 0.0147. The fourth-order valence-corrected chi connectivity index (χ4v) is 2.53. The van der Waals surface area contributed by atoms with E-state index in [1.165, 1.54) is 17.0 Å². The SMILES string of the molecule is CC(C)CCNCC(O)COc1ccc(N2C[C@@H](CN)OC2=O)cc1F. The molecule has 7 nitrogen and oxygen atoms in total. The van der Waals surface area contributed by atoms with Gasteiger partial charge in [-0.3, -0.25) is 4.90 Å². The first-order valence-corrected chi connectivity index (χ1v) is 8.90. The van der Waals surface area contributed by atoms with Crippen molar-refractivity contribution in [3.8, 4) is 5.75 Å². The maximum absolute atomic E-state index is 14.2. The molecule has 0 radical (unpaired) electrons. The van der Waals surface area contributed by atoms with E-state index in [-0.39, 0.29) is 31.5 Å². The van der Waals surface area contributed by atoms with Crippen LogP contribution in [0.4, 0.5) is 14.9 Å². The number of hydrogen-bond acceptors (Lipinski definition) is 6. The number of nitrogens with two attached hydrogens (primary N) is 1. The van der Waals surface area contributed by atoms with Crippen LogP contribution in [0.25, 0.3) is 0 Å². The van der Waals surface area contributed by atoms with Crippen molar-refractivity contribution in [3.63, 3.8) is 0 Å². The molecule has 2 rings (SSSR count). The number of cyclic esters (lactones) is 1. The molecule has 1 aromatic carbocycles. The average Bonchev–Trinajstić information content (AvgIpc) is 2.98. The Kier molecular flexibility index (Phi) is 7.62. The summed E-state index contributed by atoms with van der Waals surface area (Å²) < 4.78 is 24.6. The first kappa shape index (κ1) is 20.4. The van der Waals surface area contributed by atoms with E-state index in [0.29, 0.717) is 18.2 Å². The second kappa shape index (κ2) is 9.70. The van der Waals surface area contributed by atoms with E-state index in [9.17, 15) is 14.3 Å². The van der Waals surface area contributed by atoms with Crippen LogP contribution in [-0.2, 0) is 4.74 Å². The molecule has 1 amide bonds. The lowest BCUT2D eigenvalue weighted by atomic mass is 10.1. The van der Waals surface area contributed by atoms with Gasteiger partial charge in [-0.2, -0.15) is 0 Å². The van der Waals surface area contributed by atoms with Gasteiger partial charge in [-0.1, -0.05) is 13.8 Å². The number of ether oxygens (including phenoxy) is 2. The molecule has 2 atom stereocenters. The lowest BCUT2D eigenvalue weighted by molar-refractivity contribution is 0.104. The Balaban J connectivity index is 1.83. The number of halogens is 1. The molecule has 0 aliphatic carbocycles. The van der Waals surface area contributed by atoms with Gasteiger partial charge in [0.25, 0.3) is 0 Å². The summed E-state index contributed by atoms with van der Waals surface area (Å²) in [5.41, 5.74) is 5.87. The van der Waals surface area contributed by atoms with Crippen molar-refractivity contribution in [2.75, 3.05) is 37.7 Å². The topological polar surface area (TPSA) is 97.1 Å². The monoisotopic (exact) mass is 369 g/mol. The number of aliphatic hydroxyl groups is 1. The van der Waals surface area contributed by atoms with Gasteiger partial charge in [0, 0.05) is 19.2 Å². The standard InChI is InChI=1S/C18H28FN3O4/c1-12(2)5-6-21-9-14(23)11-25-17-4-3-13(7-16(17)19)22-10-15(8-20)26-18(22)24/h3-4,7,12,14-15,21,23H,5-6,8-11,20H2,1-2H3/t14?,15-/m1/s1. The van der Waals surface area contributed by atoms with Gasteiger partial charge in [-0.25, -0.2) is 9.18 Å². The first-order valence-electron chi connectivity index (χ1n) is 8.90. The second-order valence-electron chi connectivity index (χ2n) is 6.82. The van der Waals surface area contributed by atoms with Crippen LogP contribution >= 0.6 is 0 Å². The summed E-state index contributed by atoms with van der Waals surface area (Å²) >= 11 is 0. The van der Waals surface area contributed by atoms with Crippen molar-refractivity contribution >= 4 is 11.8 Å². The van der Waals surface area contributed by atoms with Crippen LogP contribution in [0.5, 0.6) is 5.75 Å². The molecule has 4 N–H and O–H groups in total. The number of hydrogen-bond donors (Lipinski definition) is 3. The zero-order valence-corrected chi connectivity index (χ0v) is 15.3. The van der Waals surface area contributed by atoms with E-state index in [1.54, 1.807) is 6.07 Å². The number of carbonyl (C=O) groups is 1. The van der Waals surface area contributed by atoms with Crippen LogP contribution in [0.3, 0.4) is 0 Å². The van der Waals surface area contributed by atoms with Crippen molar-refractivity contribution in [3.05, 3.63) is 24.0 Å². The summed E-state index contributed by atoms with van der Waals surface area (Å²) in [4.78, 5) is 13.1. The maximum Gasteiger partial charge on any atom is 0.414 e. The number of benzene rings is 1. The smallest absolute Gasteiger partial charge is 0.414 e. The second-order valence-corrected chi connectivity index (χ2v) is 6.82. The predicted molar refractivity (Wildman–Crippen MR) is 96.9 cm³/mol. The Labute approximate surface area is 153 Å². The predicted octanol–water partition coefficient (Wildman–Crippen LogP) is 1.48. The Morgan fingerprint density at radius 3 is 2.88 bits per heavy atom. The summed E-state index contributed by atoms with van der Waals surface area (Å²) in [6.45, 7) is 5.94. The van der Waals surface area contributed by atoms with E-state index < -0.39 is 18.0 Å². The number of anilines is 1. The molecular formula is C18H28FN3O4. The minimum absolute atomic E-state index is 0.0219. The van der Waals surface area contributed by atoms with Crippen molar-refractivity contribution in [2.24, 2.45) is 11.7 Å². The Morgan fingerprint density at radius 1 is 1.50 bits per heavy atom. The Bertz CT molecular complexity index is 600. The van der Waals surface area contributed by atoms with Crippen LogP contribution in [0.2, 0.25) is 0 Å². The third-order valence-corrected chi connectivity index (χ3v) is 4.07. The number of nitrogens with one attached hydrogen (secondary N) is 1. The van der Waals surface area contributed by atoms with Gasteiger partial charge >= 0.3 is 6.09 Å². The lowest BCUT2D eigenvalue weighted by Gasteiger charge is -2.16. The molecule has 1 saturated heterocycles. The fraction of sp³-hybridized carbons (Fsp3) is 0.611. The van der Waals surface area contributed by atoms with Gasteiger partial charge in [-0.15, -0.1) is 0 Å². The molecule has 1 aliphatic rings. The number of aliphatic hydroxyl groups excluding tert-OH is 1. The summed E-state index contributed by atoms with van der Waals surface area (Å²) in [7, 11) is 0. The fourth-order valence-electron chi connectivity index (χ4n) is 2.53. The largest absolute Gasteiger partial charge is 0.488 e. The normalized spacial score (nSPS) is 18.3. The molecule has 1 fully saturated rings. The van der Waals surface area contributed by atoms with Gasteiger partial charge in [0.05, 0.1) is 12.2 Å². The Hall–Kier alpha value is -1.90. The zero-order valence-electron chi connectivity index (χ0n) is 15.3. The maximum atomic E-state index is 14.2. The molecule has 0 aromatic heterocycles. The highest BCUT2D eigenvalue weighted by molar-refractivity contribution is 5.89. The molecule has 1 aromatic rings. The van der Waals surface area contributed by atoms with Crippen molar-refractivity contribution in [2.45, 2.75) is 32.5 Å². The van der Waals surface area contributed by atoms with Crippen molar-refractivity contribution in [1.29, 1.82) is 0 Å². The number of carbonyl (C=O) groups excluding carboxylic acids is 1. The van der Waals surface area contributed by atoms with Gasteiger partial charge in [0.15, 0.2) is 11.6 Å². The molecule has 1 unspecified atom stereocenters. The quantitative estimate of drug-likeness (QED) is 0.541. The molecular weight excluding hydrogens is 341 g/mol. The van der Waals surface area contributed by atoms with E-state index >= 15 is 0 Å². The molecule has 8 heteroatoms. The van der Waals surface area contributed by atoms with Gasteiger partial charge in [0.2, 0.25) is 0 Å². The highest BCUT2D eigenvalue weighted by atomic mass is 19.1.